The molecule has 1 saturated carbocycles. The zero-order valence-corrected chi connectivity index (χ0v) is 10.8. The number of aliphatic hydroxyl groups excluding tert-OH is 1. The minimum atomic E-state index is 0.200. The van der Waals surface area contributed by atoms with Gasteiger partial charge in [0.2, 0.25) is 0 Å². The van der Waals surface area contributed by atoms with Crippen LogP contribution in [-0.4, -0.2) is 54.7 Å². The molecular formula is C12H23NO2S. The molecule has 0 amide bonds. The molecule has 0 aromatic rings. The lowest BCUT2D eigenvalue weighted by atomic mass is 9.87. The van der Waals surface area contributed by atoms with Crippen LogP contribution in [0.2, 0.25) is 0 Å². The third-order valence-electron chi connectivity index (χ3n) is 4.10. The minimum absolute atomic E-state index is 0.200. The Balaban J connectivity index is 1.95. The van der Waals surface area contributed by atoms with Crippen molar-refractivity contribution < 1.29 is 9.84 Å². The third-order valence-corrected chi connectivity index (χ3v) is 4.77. The van der Waals surface area contributed by atoms with Crippen molar-refractivity contribution in [3.8, 4) is 0 Å². The van der Waals surface area contributed by atoms with E-state index in [-0.39, 0.29) is 12.6 Å². The first-order chi connectivity index (χ1) is 7.79. The maximum absolute atomic E-state index is 9.35. The molecule has 2 fully saturated rings. The van der Waals surface area contributed by atoms with Crippen molar-refractivity contribution in [2.45, 2.75) is 31.7 Å². The molecule has 0 bridgehead atoms. The van der Waals surface area contributed by atoms with Gasteiger partial charge in [0.05, 0.1) is 25.9 Å². The second-order valence-corrected chi connectivity index (χ2v) is 5.56. The first kappa shape index (κ1) is 12.7. The number of morpholine rings is 1. The number of hydrogen-bond donors (Lipinski definition) is 2. The summed E-state index contributed by atoms with van der Waals surface area (Å²) in [6, 6.07) is 0.200. The molecule has 0 aromatic heterocycles. The monoisotopic (exact) mass is 245 g/mol. The van der Waals surface area contributed by atoms with Gasteiger partial charge in [0.1, 0.15) is 0 Å². The number of hydrogen-bond acceptors (Lipinski definition) is 4. The number of nitrogens with zero attached hydrogens (tertiary/aromatic N) is 1. The van der Waals surface area contributed by atoms with Gasteiger partial charge in [-0.25, -0.2) is 0 Å². The standard InChI is InChI=1S/C12H23NO2S/c14-7-11-8-15-6-5-13(11)9-12(10-16)3-1-2-4-12/h11,14,16H,1-10H2. The summed E-state index contributed by atoms with van der Waals surface area (Å²) < 4.78 is 5.41. The molecule has 1 atom stereocenters. The highest BCUT2D eigenvalue weighted by molar-refractivity contribution is 7.80. The zero-order valence-electron chi connectivity index (χ0n) is 9.90. The Morgan fingerprint density at radius 1 is 1.38 bits per heavy atom. The summed E-state index contributed by atoms with van der Waals surface area (Å²) >= 11 is 4.54. The summed E-state index contributed by atoms with van der Waals surface area (Å²) in [5.41, 5.74) is 0.397. The number of rotatable bonds is 4. The maximum Gasteiger partial charge on any atom is 0.0644 e. The number of aliphatic hydroxyl groups is 1. The van der Waals surface area contributed by atoms with E-state index in [1.807, 2.05) is 0 Å². The maximum atomic E-state index is 9.35. The summed E-state index contributed by atoms with van der Waals surface area (Å²) in [6.07, 6.45) is 5.28. The summed E-state index contributed by atoms with van der Waals surface area (Å²) in [6.45, 7) is 3.74. The van der Waals surface area contributed by atoms with E-state index in [0.29, 0.717) is 12.0 Å². The lowest BCUT2D eigenvalue weighted by molar-refractivity contribution is -0.0414. The Morgan fingerprint density at radius 3 is 2.75 bits per heavy atom. The van der Waals surface area contributed by atoms with Crippen LogP contribution in [0.5, 0.6) is 0 Å². The Kier molecular flexibility index (Phi) is 4.53. The molecule has 2 aliphatic rings. The van der Waals surface area contributed by atoms with Crippen molar-refractivity contribution in [2.24, 2.45) is 5.41 Å². The molecular weight excluding hydrogens is 222 g/mol. The van der Waals surface area contributed by atoms with Crippen molar-refractivity contribution in [2.75, 3.05) is 38.7 Å². The van der Waals surface area contributed by atoms with Crippen LogP contribution in [-0.2, 0) is 4.74 Å². The molecule has 3 nitrogen and oxygen atoms in total. The van der Waals surface area contributed by atoms with Gasteiger partial charge in [-0.15, -0.1) is 0 Å². The highest BCUT2D eigenvalue weighted by atomic mass is 32.1. The van der Waals surface area contributed by atoms with E-state index in [1.54, 1.807) is 0 Å². The van der Waals surface area contributed by atoms with E-state index in [4.69, 9.17) is 4.74 Å². The van der Waals surface area contributed by atoms with E-state index in [2.05, 4.69) is 17.5 Å². The van der Waals surface area contributed by atoms with Crippen LogP contribution in [0.3, 0.4) is 0 Å². The first-order valence-corrected chi connectivity index (χ1v) is 6.96. The third kappa shape index (κ3) is 2.73. The zero-order chi connectivity index (χ0) is 11.4. The van der Waals surface area contributed by atoms with E-state index in [9.17, 15) is 5.11 Å². The van der Waals surface area contributed by atoms with Crippen LogP contribution in [0.15, 0.2) is 0 Å². The lowest BCUT2D eigenvalue weighted by Crippen LogP contribution is -2.51. The molecule has 1 N–H and O–H groups in total. The average Bonchev–Trinajstić information content (AvgIpc) is 2.79. The Morgan fingerprint density at radius 2 is 2.12 bits per heavy atom. The molecule has 1 aliphatic heterocycles. The van der Waals surface area contributed by atoms with Gasteiger partial charge in [-0.05, 0) is 24.0 Å². The Labute approximate surface area is 104 Å². The fourth-order valence-electron chi connectivity index (χ4n) is 2.99. The predicted octanol–water partition coefficient (Wildman–Crippen LogP) is 1.17. The largest absolute Gasteiger partial charge is 0.395 e. The van der Waals surface area contributed by atoms with Crippen molar-refractivity contribution in [3.63, 3.8) is 0 Å². The predicted molar refractivity (Wildman–Crippen MR) is 68.0 cm³/mol. The molecule has 0 radical (unpaired) electrons. The quantitative estimate of drug-likeness (QED) is 0.729. The topological polar surface area (TPSA) is 32.7 Å². The van der Waals surface area contributed by atoms with Gasteiger partial charge in [0.15, 0.2) is 0 Å². The van der Waals surface area contributed by atoms with Crippen LogP contribution >= 0.6 is 12.6 Å². The van der Waals surface area contributed by atoms with Crippen molar-refractivity contribution >= 4 is 12.6 Å². The van der Waals surface area contributed by atoms with Crippen LogP contribution in [0.4, 0.5) is 0 Å². The van der Waals surface area contributed by atoms with E-state index < -0.39 is 0 Å². The summed E-state index contributed by atoms with van der Waals surface area (Å²) in [5, 5.41) is 9.35. The van der Waals surface area contributed by atoms with Gasteiger partial charge in [-0.1, -0.05) is 12.8 Å². The van der Waals surface area contributed by atoms with Crippen LogP contribution < -0.4 is 0 Å². The molecule has 94 valence electrons. The van der Waals surface area contributed by atoms with Gasteiger partial charge >= 0.3 is 0 Å². The van der Waals surface area contributed by atoms with Crippen molar-refractivity contribution in [1.82, 2.24) is 4.90 Å². The summed E-state index contributed by atoms with van der Waals surface area (Å²) in [4.78, 5) is 2.41. The smallest absolute Gasteiger partial charge is 0.0644 e. The van der Waals surface area contributed by atoms with Crippen molar-refractivity contribution in [3.05, 3.63) is 0 Å². The van der Waals surface area contributed by atoms with Crippen LogP contribution in [0, 0.1) is 5.41 Å². The fraction of sp³-hybridized carbons (Fsp3) is 1.00. The highest BCUT2D eigenvalue weighted by Crippen LogP contribution is 2.40. The Bertz CT molecular complexity index is 219. The molecule has 1 saturated heterocycles. The molecule has 4 heteroatoms. The number of thiol groups is 1. The summed E-state index contributed by atoms with van der Waals surface area (Å²) in [5.74, 6) is 0.975. The molecule has 0 aromatic carbocycles. The molecule has 16 heavy (non-hydrogen) atoms. The van der Waals surface area contributed by atoms with Gasteiger partial charge in [-0.3, -0.25) is 4.90 Å². The second kappa shape index (κ2) is 5.71. The SMILES string of the molecule is OCC1COCCN1CC1(CS)CCCC1. The van der Waals surface area contributed by atoms with E-state index in [1.165, 1.54) is 25.7 Å². The number of ether oxygens (including phenoxy) is 1. The lowest BCUT2D eigenvalue weighted by Gasteiger charge is -2.40. The minimum Gasteiger partial charge on any atom is -0.395 e. The molecule has 2 rings (SSSR count). The normalized spacial score (nSPS) is 30.8. The second-order valence-electron chi connectivity index (χ2n) is 5.25. The van der Waals surface area contributed by atoms with Crippen LogP contribution in [0.25, 0.3) is 0 Å². The van der Waals surface area contributed by atoms with Gasteiger partial charge in [0.25, 0.3) is 0 Å². The average molecular weight is 245 g/mol. The molecule has 1 unspecified atom stereocenters. The summed E-state index contributed by atoms with van der Waals surface area (Å²) in [7, 11) is 0. The van der Waals surface area contributed by atoms with Gasteiger partial charge in [0, 0.05) is 13.1 Å². The Hall–Kier alpha value is 0.230. The van der Waals surface area contributed by atoms with Gasteiger partial charge < -0.3 is 9.84 Å². The first-order valence-electron chi connectivity index (χ1n) is 6.33. The fourth-order valence-corrected chi connectivity index (χ4v) is 3.40. The van der Waals surface area contributed by atoms with E-state index in [0.717, 1.165) is 25.4 Å². The molecule has 1 aliphatic carbocycles. The van der Waals surface area contributed by atoms with Crippen molar-refractivity contribution in [1.29, 1.82) is 0 Å². The molecule has 0 spiro atoms. The van der Waals surface area contributed by atoms with E-state index >= 15 is 0 Å². The van der Waals surface area contributed by atoms with Crippen LogP contribution in [0.1, 0.15) is 25.7 Å². The highest BCUT2D eigenvalue weighted by Gasteiger charge is 2.36. The van der Waals surface area contributed by atoms with Gasteiger partial charge in [-0.2, -0.15) is 12.6 Å². The molecule has 1 heterocycles.